The first-order valence-electron chi connectivity index (χ1n) is 5.22. The first kappa shape index (κ1) is 12.1. The van der Waals surface area contributed by atoms with Crippen molar-refractivity contribution in [1.29, 1.82) is 0 Å². The standard InChI is InChI=1S/C12H11FN2O3/c1-6-3-8(13)5-9(4-6)15-11(17)7(2)10(16)14-12(15)18/h3-5,17H,1-2H3,(H,14,16,18). The Labute approximate surface area is 101 Å². The third-order valence-electron chi connectivity index (χ3n) is 2.60. The minimum atomic E-state index is -0.812. The molecule has 0 atom stereocenters. The Bertz CT molecular complexity index is 711. The Hall–Kier alpha value is -2.37. The van der Waals surface area contributed by atoms with Gasteiger partial charge in [0.25, 0.3) is 5.56 Å². The highest BCUT2D eigenvalue weighted by Gasteiger charge is 2.12. The van der Waals surface area contributed by atoms with E-state index in [2.05, 4.69) is 4.98 Å². The molecule has 2 aromatic rings. The summed E-state index contributed by atoms with van der Waals surface area (Å²) in [7, 11) is 0. The summed E-state index contributed by atoms with van der Waals surface area (Å²) in [6.45, 7) is 3.03. The zero-order chi connectivity index (χ0) is 13.4. The van der Waals surface area contributed by atoms with Gasteiger partial charge in [-0.1, -0.05) is 0 Å². The molecule has 0 amide bonds. The molecule has 2 N–H and O–H groups in total. The summed E-state index contributed by atoms with van der Waals surface area (Å²) in [6.07, 6.45) is 0. The van der Waals surface area contributed by atoms with Crippen LogP contribution in [0.1, 0.15) is 11.1 Å². The van der Waals surface area contributed by atoms with E-state index in [1.165, 1.54) is 19.1 Å². The third kappa shape index (κ3) is 1.92. The lowest BCUT2D eigenvalue weighted by molar-refractivity contribution is 0.426. The maximum absolute atomic E-state index is 13.3. The summed E-state index contributed by atoms with van der Waals surface area (Å²) in [5, 5.41) is 9.81. The average Bonchev–Trinajstić information content (AvgIpc) is 2.24. The quantitative estimate of drug-likeness (QED) is 0.792. The second kappa shape index (κ2) is 4.14. The number of halogens is 1. The highest BCUT2D eigenvalue weighted by molar-refractivity contribution is 5.40. The fourth-order valence-corrected chi connectivity index (χ4v) is 1.70. The van der Waals surface area contributed by atoms with Crippen LogP contribution in [-0.4, -0.2) is 14.7 Å². The van der Waals surface area contributed by atoms with Gasteiger partial charge >= 0.3 is 5.69 Å². The normalized spacial score (nSPS) is 10.6. The number of H-pyrrole nitrogens is 1. The van der Waals surface area contributed by atoms with Crippen LogP contribution in [0.15, 0.2) is 27.8 Å². The topological polar surface area (TPSA) is 75.1 Å². The Morgan fingerprint density at radius 3 is 2.50 bits per heavy atom. The van der Waals surface area contributed by atoms with Crippen molar-refractivity contribution in [3.05, 3.63) is 56.0 Å². The van der Waals surface area contributed by atoms with Crippen molar-refractivity contribution < 1.29 is 9.50 Å². The summed E-state index contributed by atoms with van der Waals surface area (Å²) < 4.78 is 14.1. The number of aromatic amines is 1. The number of aromatic hydroxyl groups is 1. The van der Waals surface area contributed by atoms with E-state index in [1.54, 1.807) is 6.92 Å². The second-order valence-electron chi connectivity index (χ2n) is 4.03. The number of rotatable bonds is 1. The minimum absolute atomic E-state index is 0.00323. The van der Waals surface area contributed by atoms with Crippen molar-refractivity contribution in [1.82, 2.24) is 9.55 Å². The predicted octanol–water partition coefficient (Wildman–Crippen LogP) is 0.987. The smallest absolute Gasteiger partial charge is 0.335 e. The number of aryl methyl sites for hydroxylation is 1. The lowest BCUT2D eigenvalue weighted by Crippen LogP contribution is -2.30. The van der Waals surface area contributed by atoms with Gasteiger partial charge in [-0.2, -0.15) is 0 Å². The number of hydrogen-bond acceptors (Lipinski definition) is 3. The van der Waals surface area contributed by atoms with Crippen LogP contribution in [0.5, 0.6) is 5.88 Å². The zero-order valence-electron chi connectivity index (χ0n) is 9.82. The molecule has 5 nitrogen and oxygen atoms in total. The highest BCUT2D eigenvalue weighted by Crippen LogP contribution is 2.17. The molecule has 0 bridgehead atoms. The number of nitrogens with one attached hydrogen (secondary N) is 1. The van der Waals surface area contributed by atoms with Crippen LogP contribution in [0.3, 0.4) is 0 Å². The van der Waals surface area contributed by atoms with E-state index in [4.69, 9.17) is 0 Å². The summed E-state index contributed by atoms with van der Waals surface area (Å²) in [5.41, 5.74) is -0.721. The molecule has 0 aliphatic rings. The SMILES string of the molecule is Cc1cc(F)cc(-n2c(O)c(C)c(=O)[nH]c2=O)c1. The van der Waals surface area contributed by atoms with Gasteiger partial charge in [-0.25, -0.2) is 13.8 Å². The van der Waals surface area contributed by atoms with E-state index in [1.807, 2.05) is 0 Å². The van der Waals surface area contributed by atoms with E-state index in [0.29, 0.717) is 5.56 Å². The van der Waals surface area contributed by atoms with Crippen molar-refractivity contribution >= 4 is 0 Å². The molecule has 0 unspecified atom stereocenters. The molecule has 0 fully saturated rings. The molecule has 0 aliphatic heterocycles. The molecular formula is C12H11FN2O3. The monoisotopic (exact) mass is 250 g/mol. The van der Waals surface area contributed by atoms with Gasteiger partial charge in [0.1, 0.15) is 5.82 Å². The molecule has 0 saturated carbocycles. The van der Waals surface area contributed by atoms with Crippen molar-refractivity contribution in [2.45, 2.75) is 13.8 Å². The van der Waals surface area contributed by atoms with Crippen molar-refractivity contribution in [2.75, 3.05) is 0 Å². The third-order valence-corrected chi connectivity index (χ3v) is 2.60. The molecule has 6 heteroatoms. The molecule has 94 valence electrons. The summed E-state index contributed by atoms with van der Waals surface area (Å²) in [6, 6.07) is 3.93. The maximum atomic E-state index is 13.3. The highest BCUT2D eigenvalue weighted by atomic mass is 19.1. The Kier molecular flexibility index (Phi) is 2.78. The average molecular weight is 250 g/mol. The van der Waals surface area contributed by atoms with Crippen molar-refractivity contribution in [3.8, 4) is 11.6 Å². The van der Waals surface area contributed by atoms with Gasteiger partial charge in [-0.15, -0.1) is 0 Å². The Balaban J connectivity index is 2.83. The summed E-state index contributed by atoms with van der Waals surface area (Å²) >= 11 is 0. The number of hydrogen-bond donors (Lipinski definition) is 2. The first-order chi connectivity index (χ1) is 8.40. The lowest BCUT2D eigenvalue weighted by Gasteiger charge is -2.10. The van der Waals surface area contributed by atoms with Crippen LogP contribution in [-0.2, 0) is 0 Å². The van der Waals surface area contributed by atoms with E-state index in [0.717, 1.165) is 10.6 Å². The molecule has 18 heavy (non-hydrogen) atoms. The van der Waals surface area contributed by atoms with E-state index in [9.17, 15) is 19.1 Å². The van der Waals surface area contributed by atoms with Crippen LogP contribution in [0.25, 0.3) is 5.69 Å². The fourth-order valence-electron chi connectivity index (χ4n) is 1.70. The molecule has 1 heterocycles. The fraction of sp³-hybridized carbons (Fsp3) is 0.167. The summed E-state index contributed by atoms with van der Waals surface area (Å²) in [5.74, 6) is -1.02. The van der Waals surface area contributed by atoms with Crippen LogP contribution in [0.4, 0.5) is 4.39 Å². The van der Waals surface area contributed by atoms with Crippen molar-refractivity contribution in [2.24, 2.45) is 0 Å². The Morgan fingerprint density at radius 2 is 1.89 bits per heavy atom. The zero-order valence-corrected chi connectivity index (χ0v) is 9.82. The van der Waals surface area contributed by atoms with Gasteiger partial charge in [0.15, 0.2) is 0 Å². The van der Waals surface area contributed by atoms with Crippen LogP contribution < -0.4 is 11.2 Å². The number of aromatic nitrogens is 2. The van der Waals surface area contributed by atoms with E-state index in [-0.39, 0.29) is 11.3 Å². The van der Waals surface area contributed by atoms with Gasteiger partial charge < -0.3 is 5.11 Å². The molecule has 0 saturated heterocycles. The number of nitrogens with zero attached hydrogens (tertiary/aromatic N) is 1. The molecule has 1 aromatic heterocycles. The van der Waals surface area contributed by atoms with Crippen LogP contribution in [0, 0.1) is 19.7 Å². The predicted molar refractivity (Wildman–Crippen MR) is 63.8 cm³/mol. The van der Waals surface area contributed by atoms with Crippen LogP contribution in [0.2, 0.25) is 0 Å². The van der Waals surface area contributed by atoms with E-state index >= 15 is 0 Å². The molecule has 2 rings (SSSR count). The molecule has 1 aromatic carbocycles. The van der Waals surface area contributed by atoms with Gasteiger partial charge in [-0.3, -0.25) is 9.78 Å². The van der Waals surface area contributed by atoms with Gasteiger partial charge in [-0.05, 0) is 37.6 Å². The van der Waals surface area contributed by atoms with Gasteiger partial charge in [0.05, 0.1) is 11.3 Å². The molecule has 0 radical (unpaired) electrons. The largest absolute Gasteiger partial charge is 0.494 e. The summed E-state index contributed by atoms with van der Waals surface area (Å²) in [4.78, 5) is 25.0. The van der Waals surface area contributed by atoms with Gasteiger partial charge in [0.2, 0.25) is 5.88 Å². The van der Waals surface area contributed by atoms with E-state index < -0.39 is 22.9 Å². The maximum Gasteiger partial charge on any atom is 0.335 e. The first-order valence-corrected chi connectivity index (χ1v) is 5.22. The lowest BCUT2D eigenvalue weighted by atomic mass is 10.2. The molecular weight excluding hydrogens is 239 g/mol. The van der Waals surface area contributed by atoms with Crippen LogP contribution >= 0.6 is 0 Å². The molecule has 0 spiro atoms. The number of benzene rings is 1. The van der Waals surface area contributed by atoms with Crippen molar-refractivity contribution in [3.63, 3.8) is 0 Å². The molecule has 0 aliphatic carbocycles. The van der Waals surface area contributed by atoms with Gasteiger partial charge in [0, 0.05) is 0 Å². The minimum Gasteiger partial charge on any atom is -0.494 e. The second-order valence-corrected chi connectivity index (χ2v) is 4.03. The Morgan fingerprint density at radius 1 is 1.22 bits per heavy atom.